The van der Waals surface area contributed by atoms with Crippen molar-refractivity contribution in [3.63, 3.8) is 0 Å². The van der Waals surface area contributed by atoms with Crippen molar-refractivity contribution in [2.45, 2.75) is 116 Å². The number of fused-ring (bicyclic) bond motifs is 2. The molecule has 0 aromatic heterocycles. The molecule has 3 aliphatic carbocycles. The van der Waals surface area contributed by atoms with Crippen LogP contribution in [0.1, 0.15) is 120 Å². The van der Waals surface area contributed by atoms with E-state index in [1.54, 1.807) is 6.07 Å². The van der Waals surface area contributed by atoms with Crippen molar-refractivity contribution < 1.29 is 8.78 Å². The van der Waals surface area contributed by atoms with Gasteiger partial charge in [-0.05, 0) is 98.1 Å². The highest BCUT2D eigenvalue weighted by Crippen LogP contribution is 2.49. The first-order chi connectivity index (χ1) is 14.6. The standard InChI is InChI=1S/C28H42F2/c1-3-5-7-19-9-11-22-17-23(13-12-21(22)15-19)27-26(29)18-24-16-20(8-6-4-2)10-14-25(24)28(27)30/h18-23H,3-17H2,1-2H3. The molecule has 0 saturated heterocycles. The predicted molar refractivity (Wildman–Crippen MR) is 122 cm³/mol. The van der Waals surface area contributed by atoms with Gasteiger partial charge in [0, 0.05) is 5.56 Å². The fraction of sp³-hybridized carbons (Fsp3) is 0.786. The maximum Gasteiger partial charge on any atom is 0.133 e. The molecule has 2 saturated carbocycles. The molecule has 0 spiro atoms. The Morgan fingerprint density at radius 1 is 0.833 bits per heavy atom. The van der Waals surface area contributed by atoms with Crippen LogP contribution in [0, 0.1) is 35.3 Å². The third-order valence-corrected chi connectivity index (χ3v) is 8.82. The van der Waals surface area contributed by atoms with E-state index in [1.165, 1.54) is 64.2 Å². The van der Waals surface area contributed by atoms with E-state index < -0.39 is 0 Å². The number of hydrogen-bond donors (Lipinski definition) is 0. The normalized spacial score (nSPS) is 31.3. The molecule has 5 unspecified atom stereocenters. The van der Waals surface area contributed by atoms with Gasteiger partial charge in [-0.3, -0.25) is 0 Å². The number of benzene rings is 1. The lowest BCUT2D eigenvalue weighted by atomic mass is 9.63. The van der Waals surface area contributed by atoms with Gasteiger partial charge in [-0.15, -0.1) is 0 Å². The molecule has 0 N–H and O–H groups in total. The lowest BCUT2D eigenvalue weighted by Crippen LogP contribution is -2.31. The summed E-state index contributed by atoms with van der Waals surface area (Å²) in [7, 11) is 0. The number of halogens is 2. The SMILES string of the molecule is CCCCC1CCc2c(cc(F)c(C3CCC4CC(CCCC)CCC4C3)c2F)C1. The van der Waals surface area contributed by atoms with Crippen molar-refractivity contribution in [1.29, 1.82) is 0 Å². The highest BCUT2D eigenvalue weighted by molar-refractivity contribution is 5.39. The van der Waals surface area contributed by atoms with Crippen LogP contribution in [0.4, 0.5) is 8.78 Å². The summed E-state index contributed by atoms with van der Waals surface area (Å²) in [6, 6.07) is 1.72. The van der Waals surface area contributed by atoms with Gasteiger partial charge in [0.2, 0.25) is 0 Å². The second kappa shape index (κ2) is 10.1. The smallest absolute Gasteiger partial charge is 0.133 e. The van der Waals surface area contributed by atoms with Crippen LogP contribution in [0.25, 0.3) is 0 Å². The van der Waals surface area contributed by atoms with E-state index in [1.807, 2.05) is 0 Å². The van der Waals surface area contributed by atoms with E-state index in [-0.39, 0.29) is 17.6 Å². The van der Waals surface area contributed by atoms with Gasteiger partial charge in [0.15, 0.2) is 0 Å². The van der Waals surface area contributed by atoms with Crippen LogP contribution in [0.5, 0.6) is 0 Å². The summed E-state index contributed by atoms with van der Waals surface area (Å²) in [6.45, 7) is 4.50. The van der Waals surface area contributed by atoms with E-state index in [0.29, 0.717) is 17.4 Å². The fourth-order valence-corrected chi connectivity index (χ4v) is 7.06. The molecule has 2 heteroatoms. The lowest BCUT2D eigenvalue weighted by molar-refractivity contribution is 0.111. The quantitative estimate of drug-likeness (QED) is 0.417. The first kappa shape index (κ1) is 22.3. The summed E-state index contributed by atoms with van der Waals surface area (Å²) in [4.78, 5) is 0. The maximum absolute atomic E-state index is 15.6. The molecule has 30 heavy (non-hydrogen) atoms. The summed E-state index contributed by atoms with van der Waals surface area (Å²) in [5, 5.41) is 0. The van der Waals surface area contributed by atoms with E-state index in [4.69, 9.17) is 0 Å². The third kappa shape index (κ3) is 4.78. The highest BCUT2D eigenvalue weighted by Gasteiger charge is 2.38. The van der Waals surface area contributed by atoms with Crippen LogP contribution in [0.2, 0.25) is 0 Å². The molecule has 0 bridgehead atoms. The second-order valence-electron chi connectivity index (χ2n) is 10.8. The first-order valence-electron chi connectivity index (χ1n) is 13.1. The van der Waals surface area contributed by atoms with Crippen LogP contribution in [0.15, 0.2) is 6.07 Å². The molecule has 0 amide bonds. The van der Waals surface area contributed by atoms with Crippen molar-refractivity contribution in [3.8, 4) is 0 Å². The summed E-state index contributed by atoms with van der Waals surface area (Å²) < 4.78 is 30.8. The Bertz CT molecular complexity index is 709. The van der Waals surface area contributed by atoms with Crippen LogP contribution in [-0.4, -0.2) is 0 Å². The monoisotopic (exact) mass is 416 g/mol. The molecule has 2 fully saturated rings. The van der Waals surface area contributed by atoms with Gasteiger partial charge in [0.25, 0.3) is 0 Å². The fourth-order valence-electron chi connectivity index (χ4n) is 7.06. The highest BCUT2D eigenvalue weighted by atomic mass is 19.1. The van der Waals surface area contributed by atoms with E-state index in [0.717, 1.165) is 55.1 Å². The zero-order valence-corrected chi connectivity index (χ0v) is 19.3. The molecular weight excluding hydrogens is 374 g/mol. The van der Waals surface area contributed by atoms with Crippen molar-refractivity contribution in [2.24, 2.45) is 23.7 Å². The zero-order valence-electron chi connectivity index (χ0n) is 19.3. The average molecular weight is 417 g/mol. The number of unbranched alkanes of at least 4 members (excludes halogenated alkanes) is 2. The molecule has 4 rings (SSSR count). The molecule has 0 nitrogen and oxygen atoms in total. The second-order valence-corrected chi connectivity index (χ2v) is 10.8. The Morgan fingerprint density at radius 2 is 1.53 bits per heavy atom. The molecule has 0 aliphatic heterocycles. The van der Waals surface area contributed by atoms with Crippen molar-refractivity contribution in [2.75, 3.05) is 0 Å². The van der Waals surface area contributed by atoms with E-state index in [9.17, 15) is 0 Å². The Hall–Kier alpha value is -0.920. The van der Waals surface area contributed by atoms with Gasteiger partial charge in [-0.25, -0.2) is 8.78 Å². The van der Waals surface area contributed by atoms with Crippen molar-refractivity contribution in [1.82, 2.24) is 0 Å². The summed E-state index contributed by atoms with van der Waals surface area (Å²) in [5.74, 6) is 2.69. The molecule has 1 aromatic rings. The summed E-state index contributed by atoms with van der Waals surface area (Å²) in [5.41, 5.74) is 2.27. The van der Waals surface area contributed by atoms with Gasteiger partial charge >= 0.3 is 0 Å². The molecule has 0 heterocycles. The van der Waals surface area contributed by atoms with Crippen molar-refractivity contribution >= 4 is 0 Å². The Kier molecular flexibility index (Phi) is 7.53. The predicted octanol–water partition coefficient (Wildman–Crippen LogP) is 8.75. The molecule has 1 aromatic carbocycles. The largest absolute Gasteiger partial charge is 0.207 e. The van der Waals surface area contributed by atoms with Gasteiger partial charge < -0.3 is 0 Å². The Balaban J connectivity index is 1.44. The first-order valence-corrected chi connectivity index (χ1v) is 13.1. The molecule has 0 radical (unpaired) electrons. The number of rotatable bonds is 7. The van der Waals surface area contributed by atoms with E-state index >= 15 is 8.78 Å². The minimum Gasteiger partial charge on any atom is -0.207 e. The third-order valence-electron chi connectivity index (χ3n) is 8.82. The van der Waals surface area contributed by atoms with Gasteiger partial charge in [-0.1, -0.05) is 58.8 Å². The summed E-state index contributed by atoms with van der Waals surface area (Å²) >= 11 is 0. The molecule has 3 aliphatic rings. The van der Waals surface area contributed by atoms with Crippen LogP contribution < -0.4 is 0 Å². The average Bonchev–Trinajstić information content (AvgIpc) is 2.75. The van der Waals surface area contributed by atoms with Crippen LogP contribution >= 0.6 is 0 Å². The minimum absolute atomic E-state index is 0.0987. The van der Waals surface area contributed by atoms with Crippen LogP contribution in [-0.2, 0) is 12.8 Å². The zero-order chi connectivity index (χ0) is 21.1. The topological polar surface area (TPSA) is 0 Å². The minimum atomic E-state index is -0.248. The van der Waals surface area contributed by atoms with Gasteiger partial charge in [0.1, 0.15) is 11.6 Å². The van der Waals surface area contributed by atoms with Gasteiger partial charge in [-0.2, -0.15) is 0 Å². The van der Waals surface area contributed by atoms with Gasteiger partial charge in [0.05, 0.1) is 0 Å². The lowest BCUT2D eigenvalue weighted by Gasteiger charge is -2.42. The summed E-state index contributed by atoms with van der Waals surface area (Å²) in [6.07, 6.45) is 17.6. The molecule has 5 atom stereocenters. The Morgan fingerprint density at radius 3 is 2.30 bits per heavy atom. The molecular formula is C28H42F2. The number of hydrogen-bond acceptors (Lipinski definition) is 0. The molecule has 168 valence electrons. The van der Waals surface area contributed by atoms with Crippen molar-refractivity contribution in [3.05, 3.63) is 34.4 Å². The van der Waals surface area contributed by atoms with Crippen LogP contribution in [0.3, 0.4) is 0 Å². The Labute approximate surface area is 183 Å². The maximum atomic E-state index is 15.6. The van der Waals surface area contributed by atoms with E-state index in [2.05, 4.69) is 13.8 Å².